The first kappa shape index (κ1) is 22.8. The van der Waals surface area contributed by atoms with Gasteiger partial charge < -0.3 is 4.74 Å². The number of carbonyl (C=O) groups is 1. The molecule has 166 valence electrons. The van der Waals surface area contributed by atoms with Gasteiger partial charge in [-0.2, -0.15) is 0 Å². The molecule has 4 rings (SSSR count). The first-order valence-electron chi connectivity index (χ1n) is 11.2. The van der Waals surface area contributed by atoms with Crippen molar-refractivity contribution in [1.29, 1.82) is 0 Å². The Labute approximate surface area is 195 Å². The number of hydrogen-bond donors (Lipinski definition) is 0. The summed E-state index contributed by atoms with van der Waals surface area (Å²) in [6, 6.07) is 13.1. The van der Waals surface area contributed by atoms with E-state index in [0.717, 1.165) is 11.5 Å². The van der Waals surface area contributed by atoms with Crippen molar-refractivity contribution in [2.45, 2.75) is 68.8 Å². The van der Waals surface area contributed by atoms with E-state index < -0.39 is 0 Å². The third kappa shape index (κ3) is 3.95. The van der Waals surface area contributed by atoms with E-state index in [4.69, 9.17) is 4.74 Å². The largest absolute Gasteiger partial charge is 0.465 e. The van der Waals surface area contributed by atoms with Crippen molar-refractivity contribution in [3.8, 4) is 0 Å². The van der Waals surface area contributed by atoms with E-state index >= 15 is 0 Å². The lowest BCUT2D eigenvalue weighted by Crippen LogP contribution is -2.35. The van der Waals surface area contributed by atoms with Crippen LogP contribution in [-0.2, 0) is 19.6 Å². The monoisotopic (exact) mass is 454 g/mol. The predicted octanol–water partition coefficient (Wildman–Crippen LogP) is 7.20. The molecule has 0 aromatic heterocycles. The molecule has 0 unspecified atom stereocenters. The van der Waals surface area contributed by atoms with Gasteiger partial charge in [-0.3, -0.25) is 0 Å². The highest BCUT2D eigenvalue weighted by Gasteiger charge is 2.43. The number of benzene rings is 2. The third-order valence-electron chi connectivity index (χ3n) is 7.14. The van der Waals surface area contributed by atoms with Crippen LogP contribution in [0.3, 0.4) is 0 Å². The van der Waals surface area contributed by atoms with Crippen molar-refractivity contribution in [3.63, 3.8) is 0 Å². The van der Waals surface area contributed by atoms with Crippen LogP contribution in [0.4, 0.5) is 0 Å². The minimum atomic E-state index is -0.279. The topological polar surface area (TPSA) is 26.3 Å². The number of hydrogen-bond acceptors (Lipinski definition) is 4. The highest BCUT2D eigenvalue weighted by atomic mass is 32.2. The van der Waals surface area contributed by atoms with Crippen LogP contribution in [0.1, 0.15) is 85.1 Å². The number of thioether (sulfide) groups is 2. The molecule has 0 spiro atoms. The minimum absolute atomic E-state index is 0.135. The Bertz CT molecular complexity index is 983. The fraction of sp³-hybridized carbons (Fsp3) is 0.519. The van der Waals surface area contributed by atoms with Crippen LogP contribution in [0.25, 0.3) is 0 Å². The molecule has 2 aromatic carbocycles. The van der Waals surface area contributed by atoms with Crippen LogP contribution in [-0.4, -0.2) is 24.6 Å². The maximum Gasteiger partial charge on any atom is 0.337 e. The van der Waals surface area contributed by atoms with Crippen LogP contribution in [0.15, 0.2) is 36.4 Å². The zero-order valence-electron chi connectivity index (χ0n) is 19.6. The van der Waals surface area contributed by atoms with Crippen molar-refractivity contribution in [3.05, 3.63) is 69.8 Å². The molecule has 0 bridgehead atoms. The van der Waals surface area contributed by atoms with Gasteiger partial charge in [0.05, 0.1) is 12.7 Å². The maximum atomic E-state index is 12.0. The molecule has 0 saturated carbocycles. The van der Waals surface area contributed by atoms with Gasteiger partial charge in [0.2, 0.25) is 0 Å². The highest BCUT2D eigenvalue weighted by Crippen LogP contribution is 2.57. The molecule has 0 amide bonds. The van der Waals surface area contributed by atoms with Crippen LogP contribution < -0.4 is 0 Å². The molecule has 2 aromatic rings. The van der Waals surface area contributed by atoms with Crippen LogP contribution >= 0.6 is 23.5 Å². The Balaban J connectivity index is 1.89. The summed E-state index contributed by atoms with van der Waals surface area (Å²) in [7, 11) is 1.43. The first-order valence-corrected chi connectivity index (χ1v) is 13.2. The number of rotatable bonds is 3. The molecule has 1 saturated heterocycles. The summed E-state index contributed by atoms with van der Waals surface area (Å²) in [6.45, 7) is 11.9. The number of carbonyl (C=O) groups excluding carboxylic acids is 1. The second-order valence-corrected chi connectivity index (χ2v) is 13.1. The van der Waals surface area contributed by atoms with Gasteiger partial charge in [0, 0.05) is 0 Å². The van der Waals surface area contributed by atoms with E-state index in [1.165, 1.54) is 54.2 Å². The lowest BCUT2D eigenvalue weighted by molar-refractivity contribution is 0.0600. The smallest absolute Gasteiger partial charge is 0.337 e. The Morgan fingerprint density at radius 3 is 1.97 bits per heavy atom. The van der Waals surface area contributed by atoms with E-state index in [2.05, 4.69) is 58.9 Å². The summed E-state index contributed by atoms with van der Waals surface area (Å²) in [5.41, 5.74) is 8.13. The summed E-state index contributed by atoms with van der Waals surface area (Å²) < 4.78 is 4.77. The predicted molar refractivity (Wildman–Crippen MR) is 135 cm³/mol. The van der Waals surface area contributed by atoms with Crippen LogP contribution in [0, 0.1) is 6.92 Å². The van der Waals surface area contributed by atoms with E-state index in [9.17, 15) is 4.79 Å². The summed E-state index contributed by atoms with van der Waals surface area (Å²) in [5, 5.41) is 0. The van der Waals surface area contributed by atoms with Gasteiger partial charge in [0.1, 0.15) is 4.08 Å². The van der Waals surface area contributed by atoms with Crippen molar-refractivity contribution < 1.29 is 9.53 Å². The maximum absolute atomic E-state index is 12.0. The second kappa shape index (κ2) is 8.19. The Morgan fingerprint density at radius 1 is 0.871 bits per heavy atom. The number of esters is 1. The lowest BCUT2D eigenvalue weighted by atomic mass is 9.62. The minimum Gasteiger partial charge on any atom is -0.465 e. The number of aryl methyl sites for hydroxylation is 1. The lowest BCUT2D eigenvalue weighted by Gasteiger charge is -2.44. The molecule has 0 N–H and O–H groups in total. The summed E-state index contributed by atoms with van der Waals surface area (Å²) >= 11 is 4.10. The Morgan fingerprint density at radius 2 is 1.42 bits per heavy atom. The van der Waals surface area contributed by atoms with Crippen LogP contribution in [0.2, 0.25) is 0 Å². The number of ether oxygens (including phenoxy) is 1. The fourth-order valence-corrected chi connectivity index (χ4v) is 8.56. The second-order valence-electron chi connectivity index (χ2n) is 10.2. The highest BCUT2D eigenvalue weighted by molar-refractivity contribution is 8.18. The van der Waals surface area contributed by atoms with Crippen molar-refractivity contribution in [2.75, 3.05) is 18.6 Å². The van der Waals surface area contributed by atoms with Crippen molar-refractivity contribution in [2.24, 2.45) is 0 Å². The van der Waals surface area contributed by atoms with E-state index in [1.807, 2.05) is 35.7 Å². The van der Waals surface area contributed by atoms with E-state index in [1.54, 1.807) is 0 Å². The average Bonchev–Trinajstić information content (AvgIpc) is 2.77. The Hall–Kier alpha value is -1.39. The zero-order valence-corrected chi connectivity index (χ0v) is 21.3. The molecule has 1 aliphatic heterocycles. The molecule has 1 fully saturated rings. The van der Waals surface area contributed by atoms with Crippen molar-refractivity contribution in [1.82, 2.24) is 0 Å². The summed E-state index contributed by atoms with van der Waals surface area (Å²) in [6.07, 6.45) is 3.69. The molecule has 2 aliphatic rings. The van der Waals surface area contributed by atoms with Gasteiger partial charge in [-0.05, 0) is 88.5 Å². The molecule has 4 heteroatoms. The number of fused-ring (bicyclic) bond motifs is 1. The van der Waals surface area contributed by atoms with E-state index in [-0.39, 0.29) is 20.9 Å². The quantitative estimate of drug-likeness (QED) is 0.458. The molecule has 0 atom stereocenters. The summed E-state index contributed by atoms with van der Waals surface area (Å²) in [5.74, 6) is 2.02. The molecule has 1 aliphatic carbocycles. The summed E-state index contributed by atoms with van der Waals surface area (Å²) in [4.78, 5) is 12.0. The van der Waals surface area contributed by atoms with Crippen LogP contribution in [0.5, 0.6) is 0 Å². The molecular weight excluding hydrogens is 420 g/mol. The average molecular weight is 455 g/mol. The van der Waals surface area contributed by atoms with Gasteiger partial charge in [0.15, 0.2) is 0 Å². The molecule has 2 nitrogen and oxygen atoms in total. The van der Waals surface area contributed by atoms with E-state index in [0.29, 0.717) is 5.56 Å². The van der Waals surface area contributed by atoms with Gasteiger partial charge in [-0.25, -0.2) is 4.79 Å². The molecule has 0 radical (unpaired) electrons. The zero-order chi connectivity index (χ0) is 22.4. The van der Waals surface area contributed by atoms with Gasteiger partial charge in [0.25, 0.3) is 0 Å². The normalized spacial score (nSPS) is 21.2. The number of methoxy groups -OCH3 is 1. The Kier molecular flexibility index (Phi) is 6.02. The van der Waals surface area contributed by atoms with Gasteiger partial charge >= 0.3 is 5.97 Å². The molecule has 1 heterocycles. The fourth-order valence-electron chi connectivity index (χ4n) is 5.03. The molecule has 31 heavy (non-hydrogen) atoms. The SMILES string of the molecule is COC(=O)c1ccc(C2(c3cc4c(cc3C)C(C)(C)CCC4(C)C)SCCCS2)cc1. The molecular formula is C27H34O2S2. The first-order chi connectivity index (χ1) is 14.6. The van der Waals surface area contributed by atoms with Crippen molar-refractivity contribution >= 4 is 29.5 Å². The van der Waals surface area contributed by atoms with Gasteiger partial charge in [-0.1, -0.05) is 52.0 Å². The third-order valence-corrected chi connectivity index (χ3v) is 10.6. The van der Waals surface area contributed by atoms with Gasteiger partial charge in [-0.15, -0.1) is 23.5 Å². The standard InChI is InChI=1S/C27H34O2S2/c1-18-16-22-23(26(4,5)13-12-25(22,2)3)17-21(18)27(30-14-7-15-31-27)20-10-8-19(9-11-20)24(28)29-6/h8-11,16-17H,7,12-15H2,1-6H3.